The van der Waals surface area contributed by atoms with Crippen LogP contribution in [0, 0.1) is 0 Å². The van der Waals surface area contributed by atoms with Crippen molar-refractivity contribution in [3.8, 4) is 0 Å². The Labute approximate surface area is 98.8 Å². The van der Waals surface area contributed by atoms with Crippen molar-refractivity contribution in [1.82, 2.24) is 10.2 Å². The zero-order valence-electron chi connectivity index (χ0n) is 10.2. The van der Waals surface area contributed by atoms with E-state index in [1.165, 1.54) is 38.8 Å². The molecule has 2 fully saturated rings. The lowest BCUT2D eigenvalue weighted by Crippen LogP contribution is -2.47. The number of hydrogen-bond acceptors (Lipinski definition) is 3. The Morgan fingerprint density at radius 3 is 2.38 bits per heavy atom. The number of piperidine rings is 1. The first-order valence-corrected chi connectivity index (χ1v) is 6.55. The van der Waals surface area contributed by atoms with Gasteiger partial charge < -0.3 is 10.1 Å². The van der Waals surface area contributed by atoms with Gasteiger partial charge in [0.15, 0.2) is 0 Å². The van der Waals surface area contributed by atoms with Gasteiger partial charge >= 0.3 is 0 Å². The quantitative estimate of drug-likeness (QED) is 0.731. The predicted octanol–water partition coefficient (Wildman–Crippen LogP) is 1.41. The highest BCUT2D eigenvalue weighted by Crippen LogP contribution is 2.14. The normalized spacial score (nSPS) is 25.8. The van der Waals surface area contributed by atoms with E-state index >= 15 is 0 Å². The molecule has 2 heterocycles. The molecule has 2 aliphatic heterocycles. The lowest BCUT2D eigenvalue weighted by molar-refractivity contribution is 0.0710. The van der Waals surface area contributed by atoms with Gasteiger partial charge in [-0.15, -0.1) is 6.58 Å². The minimum absolute atomic E-state index is 0.699. The average Bonchev–Trinajstić information content (AvgIpc) is 2.33. The fourth-order valence-corrected chi connectivity index (χ4v) is 2.66. The van der Waals surface area contributed by atoms with Crippen LogP contribution < -0.4 is 5.32 Å². The third-order valence-corrected chi connectivity index (χ3v) is 3.67. The predicted molar refractivity (Wildman–Crippen MR) is 66.6 cm³/mol. The molecule has 3 heteroatoms. The van der Waals surface area contributed by atoms with Crippen LogP contribution in [0.4, 0.5) is 0 Å². The summed E-state index contributed by atoms with van der Waals surface area (Å²) in [6.45, 7) is 9.15. The van der Waals surface area contributed by atoms with Gasteiger partial charge in [0.1, 0.15) is 0 Å². The van der Waals surface area contributed by atoms with Gasteiger partial charge in [-0.2, -0.15) is 0 Å². The molecule has 0 amide bonds. The fraction of sp³-hybridized carbons (Fsp3) is 0.846. The van der Waals surface area contributed by atoms with Gasteiger partial charge in [-0.3, -0.25) is 4.90 Å². The van der Waals surface area contributed by atoms with Crippen molar-refractivity contribution in [3.63, 3.8) is 0 Å². The summed E-state index contributed by atoms with van der Waals surface area (Å²) in [6, 6.07) is 1.42. The first-order chi connectivity index (χ1) is 7.88. The van der Waals surface area contributed by atoms with Crippen molar-refractivity contribution < 1.29 is 4.74 Å². The summed E-state index contributed by atoms with van der Waals surface area (Å²) in [5, 5.41) is 3.79. The highest BCUT2D eigenvalue weighted by atomic mass is 16.5. The number of likely N-dealkylation sites (tertiary alicyclic amines) is 1. The Morgan fingerprint density at radius 1 is 1.12 bits per heavy atom. The van der Waals surface area contributed by atoms with Gasteiger partial charge in [0.05, 0.1) is 0 Å². The first kappa shape index (κ1) is 12.1. The monoisotopic (exact) mass is 224 g/mol. The third kappa shape index (κ3) is 3.58. The van der Waals surface area contributed by atoms with Crippen LogP contribution in [0.3, 0.4) is 0 Å². The third-order valence-electron chi connectivity index (χ3n) is 3.67. The molecule has 0 aromatic carbocycles. The summed E-state index contributed by atoms with van der Waals surface area (Å²) in [4.78, 5) is 2.48. The molecule has 0 unspecified atom stereocenters. The maximum Gasteiger partial charge on any atom is 0.0480 e. The zero-order valence-corrected chi connectivity index (χ0v) is 10.2. The van der Waals surface area contributed by atoms with E-state index in [2.05, 4.69) is 16.8 Å². The van der Waals surface area contributed by atoms with Gasteiger partial charge in [0, 0.05) is 31.8 Å². The Kier molecular flexibility index (Phi) is 4.82. The van der Waals surface area contributed by atoms with Crippen LogP contribution in [0.1, 0.15) is 25.7 Å². The van der Waals surface area contributed by atoms with Crippen molar-refractivity contribution in [1.29, 1.82) is 0 Å². The minimum Gasteiger partial charge on any atom is -0.381 e. The topological polar surface area (TPSA) is 24.5 Å². The summed E-state index contributed by atoms with van der Waals surface area (Å²) in [6.07, 6.45) is 6.95. The van der Waals surface area contributed by atoms with E-state index in [1.807, 2.05) is 6.08 Å². The Balaban J connectivity index is 1.66. The Morgan fingerprint density at radius 2 is 1.75 bits per heavy atom. The van der Waals surface area contributed by atoms with E-state index < -0.39 is 0 Å². The lowest BCUT2D eigenvalue weighted by Gasteiger charge is -2.35. The van der Waals surface area contributed by atoms with Crippen molar-refractivity contribution in [2.24, 2.45) is 0 Å². The zero-order chi connectivity index (χ0) is 11.2. The number of ether oxygens (including phenoxy) is 1. The summed E-state index contributed by atoms with van der Waals surface area (Å²) >= 11 is 0. The standard InChI is InChI=1S/C13H24N2O/c1-2-7-15-8-3-12(4-9-15)14-13-5-10-16-11-6-13/h2,12-14H,1,3-11H2. The molecule has 0 bridgehead atoms. The van der Waals surface area contributed by atoms with Crippen molar-refractivity contribution in [2.75, 3.05) is 32.8 Å². The largest absolute Gasteiger partial charge is 0.381 e. The molecule has 3 nitrogen and oxygen atoms in total. The first-order valence-electron chi connectivity index (χ1n) is 6.55. The summed E-state index contributed by atoms with van der Waals surface area (Å²) < 4.78 is 5.38. The summed E-state index contributed by atoms with van der Waals surface area (Å²) in [5.41, 5.74) is 0. The van der Waals surface area contributed by atoms with Crippen LogP contribution in [0.25, 0.3) is 0 Å². The van der Waals surface area contributed by atoms with Gasteiger partial charge in [-0.05, 0) is 38.8 Å². The second-order valence-corrected chi connectivity index (χ2v) is 4.92. The van der Waals surface area contributed by atoms with E-state index in [-0.39, 0.29) is 0 Å². The van der Waals surface area contributed by atoms with Crippen molar-refractivity contribution >= 4 is 0 Å². The van der Waals surface area contributed by atoms with Gasteiger partial charge in [-0.1, -0.05) is 6.08 Å². The number of hydrogen-bond donors (Lipinski definition) is 1. The maximum atomic E-state index is 5.38. The van der Waals surface area contributed by atoms with Crippen LogP contribution in [-0.2, 0) is 4.74 Å². The molecule has 92 valence electrons. The van der Waals surface area contributed by atoms with Crippen LogP contribution >= 0.6 is 0 Å². The maximum absolute atomic E-state index is 5.38. The van der Waals surface area contributed by atoms with Gasteiger partial charge in [0.2, 0.25) is 0 Å². The van der Waals surface area contributed by atoms with Crippen LogP contribution in [0.5, 0.6) is 0 Å². The van der Waals surface area contributed by atoms with E-state index in [0.29, 0.717) is 6.04 Å². The molecular weight excluding hydrogens is 200 g/mol. The molecule has 0 aromatic heterocycles. The molecule has 16 heavy (non-hydrogen) atoms. The molecule has 0 saturated carbocycles. The Hall–Kier alpha value is -0.380. The van der Waals surface area contributed by atoms with Crippen LogP contribution in [-0.4, -0.2) is 49.8 Å². The summed E-state index contributed by atoms with van der Waals surface area (Å²) in [7, 11) is 0. The van der Waals surface area contributed by atoms with Crippen molar-refractivity contribution in [2.45, 2.75) is 37.8 Å². The fourth-order valence-electron chi connectivity index (χ4n) is 2.66. The molecule has 2 rings (SSSR count). The number of nitrogens with one attached hydrogen (secondary N) is 1. The van der Waals surface area contributed by atoms with E-state index in [4.69, 9.17) is 4.74 Å². The molecular formula is C13H24N2O. The average molecular weight is 224 g/mol. The van der Waals surface area contributed by atoms with Crippen LogP contribution in [0.2, 0.25) is 0 Å². The highest BCUT2D eigenvalue weighted by molar-refractivity contribution is 4.84. The smallest absolute Gasteiger partial charge is 0.0480 e. The van der Waals surface area contributed by atoms with Crippen LogP contribution in [0.15, 0.2) is 12.7 Å². The molecule has 2 saturated heterocycles. The molecule has 1 N–H and O–H groups in total. The number of rotatable bonds is 4. The minimum atomic E-state index is 0.699. The Bertz CT molecular complexity index is 206. The second kappa shape index (κ2) is 6.38. The van der Waals surface area contributed by atoms with E-state index in [1.54, 1.807) is 0 Å². The van der Waals surface area contributed by atoms with Crippen molar-refractivity contribution in [3.05, 3.63) is 12.7 Å². The summed E-state index contributed by atoms with van der Waals surface area (Å²) in [5.74, 6) is 0. The van der Waals surface area contributed by atoms with E-state index in [0.717, 1.165) is 25.8 Å². The molecule has 0 radical (unpaired) electrons. The molecule has 0 aromatic rings. The van der Waals surface area contributed by atoms with Gasteiger partial charge in [0.25, 0.3) is 0 Å². The molecule has 0 aliphatic carbocycles. The van der Waals surface area contributed by atoms with Gasteiger partial charge in [-0.25, -0.2) is 0 Å². The molecule has 0 atom stereocenters. The molecule has 0 spiro atoms. The number of nitrogens with zero attached hydrogens (tertiary/aromatic N) is 1. The van der Waals surface area contributed by atoms with E-state index in [9.17, 15) is 0 Å². The second-order valence-electron chi connectivity index (χ2n) is 4.92. The highest BCUT2D eigenvalue weighted by Gasteiger charge is 2.22. The molecule has 2 aliphatic rings. The lowest BCUT2D eigenvalue weighted by atomic mass is 10.0. The SMILES string of the molecule is C=CCN1CCC(NC2CCOCC2)CC1.